The smallest absolute Gasteiger partial charge is 0.220 e. The van der Waals surface area contributed by atoms with Crippen LogP contribution >= 0.6 is 11.8 Å². The summed E-state index contributed by atoms with van der Waals surface area (Å²) in [4.78, 5) is 29.9. The van der Waals surface area contributed by atoms with Crippen LogP contribution in [0.4, 0.5) is 0 Å². The molecule has 0 bridgehead atoms. The Morgan fingerprint density at radius 1 is 1.17 bits per heavy atom. The molecule has 2 aromatic heterocycles. The minimum absolute atomic E-state index is 0.0171. The van der Waals surface area contributed by atoms with Gasteiger partial charge in [-0.25, -0.2) is 15.0 Å². The van der Waals surface area contributed by atoms with Gasteiger partial charge in [-0.15, -0.1) is 0 Å². The maximum absolute atomic E-state index is 12.8. The Kier molecular flexibility index (Phi) is 6.90. The lowest BCUT2D eigenvalue weighted by Crippen LogP contribution is -2.33. The molecule has 2 unspecified atom stereocenters. The molecule has 0 aliphatic carbocycles. The number of hydrogen-bond donors (Lipinski definition) is 2. The minimum atomic E-state index is -0.141. The molecule has 0 saturated carbocycles. The number of thioether (sulfide) groups is 1. The van der Waals surface area contributed by atoms with Gasteiger partial charge in [0.2, 0.25) is 5.91 Å². The fraction of sp³-hybridized carbons (Fsp3) is 0.455. The second kappa shape index (κ2) is 9.39. The molecule has 0 spiro atoms. The van der Waals surface area contributed by atoms with Crippen LogP contribution in [0.15, 0.2) is 29.4 Å². The van der Waals surface area contributed by atoms with Gasteiger partial charge in [-0.3, -0.25) is 4.79 Å². The molecule has 0 aliphatic rings. The number of amides is 1. The first-order valence-corrected chi connectivity index (χ1v) is 11.3. The van der Waals surface area contributed by atoms with Gasteiger partial charge in [0.15, 0.2) is 5.16 Å². The SMILES string of the molecule is CCC(C)C(NC(=O)CCc1c(C)nc(SC)nc1C)c1nc2ccccc2[nH]1. The summed E-state index contributed by atoms with van der Waals surface area (Å²) in [5.74, 6) is 1.10. The van der Waals surface area contributed by atoms with E-state index in [9.17, 15) is 4.79 Å². The number of imidazole rings is 1. The van der Waals surface area contributed by atoms with Gasteiger partial charge in [0.25, 0.3) is 0 Å². The predicted molar refractivity (Wildman–Crippen MR) is 118 cm³/mol. The summed E-state index contributed by atoms with van der Waals surface area (Å²) in [5.41, 5.74) is 4.86. The number of aromatic amines is 1. The summed E-state index contributed by atoms with van der Waals surface area (Å²) >= 11 is 1.53. The molecule has 3 rings (SSSR count). The topological polar surface area (TPSA) is 83.6 Å². The Morgan fingerprint density at radius 3 is 2.48 bits per heavy atom. The van der Waals surface area contributed by atoms with Gasteiger partial charge in [-0.05, 0) is 50.1 Å². The van der Waals surface area contributed by atoms with E-state index in [1.807, 2.05) is 44.4 Å². The zero-order valence-corrected chi connectivity index (χ0v) is 18.6. The number of carbonyl (C=O) groups excluding carboxylic acids is 1. The zero-order chi connectivity index (χ0) is 21.0. The molecule has 7 heteroatoms. The first-order valence-electron chi connectivity index (χ1n) is 10.0. The highest BCUT2D eigenvalue weighted by Gasteiger charge is 2.23. The molecule has 29 heavy (non-hydrogen) atoms. The number of rotatable bonds is 8. The molecular formula is C22H29N5OS. The fourth-order valence-electron chi connectivity index (χ4n) is 3.48. The van der Waals surface area contributed by atoms with Crippen molar-refractivity contribution in [2.45, 2.75) is 58.2 Å². The largest absolute Gasteiger partial charge is 0.346 e. The summed E-state index contributed by atoms with van der Waals surface area (Å²) < 4.78 is 0. The van der Waals surface area contributed by atoms with E-state index >= 15 is 0 Å². The summed E-state index contributed by atoms with van der Waals surface area (Å²) in [6.45, 7) is 8.24. The summed E-state index contributed by atoms with van der Waals surface area (Å²) in [5, 5.41) is 3.97. The number of hydrogen-bond acceptors (Lipinski definition) is 5. The van der Waals surface area contributed by atoms with Crippen molar-refractivity contribution >= 4 is 28.7 Å². The van der Waals surface area contributed by atoms with Crippen molar-refractivity contribution in [3.05, 3.63) is 47.0 Å². The maximum Gasteiger partial charge on any atom is 0.220 e. The Labute approximate surface area is 176 Å². The van der Waals surface area contributed by atoms with Gasteiger partial charge in [0, 0.05) is 17.8 Å². The highest BCUT2D eigenvalue weighted by Crippen LogP contribution is 2.25. The molecule has 154 valence electrons. The number of H-pyrrole nitrogens is 1. The molecule has 2 heterocycles. The molecule has 0 radical (unpaired) electrons. The quantitative estimate of drug-likeness (QED) is 0.420. The van der Waals surface area contributed by atoms with Crippen molar-refractivity contribution in [3.63, 3.8) is 0 Å². The van der Waals surface area contributed by atoms with Gasteiger partial charge in [0.05, 0.1) is 17.1 Å². The predicted octanol–water partition coefficient (Wildman–Crippen LogP) is 4.53. The Balaban J connectivity index is 1.72. The standard InChI is InChI=1S/C22H29N5OS/c1-6-13(2)20(21-25-17-9-7-8-10-18(17)26-21)27-19(28)12-11-16-14(3)23-22(29-5)24-15(16)4/h7-10,13,20H,6,11-12H2,1-5H3,(H,25,26)(H,27,28). The first kappa shape index (κ1) is 21.3. The second-order valence-electron chi connectivity index (χ2n) is 7.43. The van der Waals surface area contributed by atoms with Crippen LogP contribution in [-0.4, -0.2) is 32.1 Å². The van der Waals surface area contributed by atoms with Crippen LogP contribution < -0.4 is 5.32 Å². The molecule has 0 saturated heterocycles. The molecule has 3 aromatic rings. The van der Waals surface area contributed by atoms with Crippen LogP contribution in [0.1, 0.15) is 55.5 Å². The Bertz CT molecular complexity index is 944. The number of para-hydroxylation sites is 2. The summed E-state index contributed by atoms with van der Waals surface area (Å²) in [6, 6.07) is 7.80. The van der Waals surface area contributed by atoms with Crippen LogP contribution in [0.5, 0.6) is 0 Å². The number of aryl methyl sites for hydroxylation is 2. The van der Waals surface area contributed by atoms with Crippen LogP contribution in [0.3, 0.4) is 0 Å². The van der Waals surface area contributed by atoms with Crippen LogP contribution in [0, 0.1) is 19.8 Å². The molecular weight excluding hydrogens is 382 g/mol. The highest BCUT2D eigenvalue weighted by atomic mass is 32.2. The van der Waals surface area contributed by atoms with Crippen molar-refractivity contribution in [2.75, 3.05) is 6.26 Å². The van der Waals surface area contributed by atoms with Crippen LogP contribution in [0.2, 0.25) is 0 Å². The molecule has 6 nitrogen and oxygen atoms in total. The summed E-state index contributed by atoms with van der Waals surface area (Å²) in [6.07, 6.45) is 3.95. The number of benzene rings is 1. The molecule has 1 aromatic carbocycles. The van der Waals surface area contributed by atoms with Gasteiger partial charge in [0.1, 0.15) is 5.82 Å². The number of nitrogens with zero attached hydrogens (tertiary/aromatic N) is 3. The van der Waals surface area contributed by atoms with Gasteiger partial charge < -0.3 is 10.3 Å². The molecule has 0 fully saturated rings. The molecule has 1 amide bonds. The third kappa shape index (κ3) is 4.96. The first-order chi connectivity index (χ1) is 13.9. The van der Waals surface area contributed by atoms with E-state index in [1.165, 1.54) is 11.8 Å². The maximum atomic E-state index is 12.8. The zero-order valence-electron chi connectivity index (χ0n) is 17.7. The van der Waals surface area contributed by atoms with Crippen LogP contribution in [-0.2, 0) is 11.2 Å². The van der Waals surface area contributed by atoms with E-state index in [1.54, 1.807) is 0 Å². The van der Waals surface area contributed by atoms with Crippen LogP contribution in [0.25, 0.3) is 11.0 Å². The van der Waals surface area contributed by atoms with Gasteiger partial charge >= 0.3 is 0 Å². The van der Waals surface area contributed by atoms with E-state index in [2.05, 4.69) is 34.1 Å². The summed E-state index contributed by atoms with van der Waals surface area (Å²) in [7, 11) is 0. The number of carbonyl (C=O) groups is 1. The van der Waals surface area contributed by atoms with Crippen molar-refractivity contribution in [1.82, 2.24) is 25.3 Å². The van der Waals surface area contributed by atoms with E-state index in [0.29, 0.717) is 12.8 Å². The third-order valence-electron chi connectivity index (χ3n) is 5.42. The molecule has 2 atom stereocenters. The normalized spacial score (nSPS) is 13.4. The van der Waals surface area contributed by atoms with Gasteiger partial charge in [-0.1, -0.05) is 44.2 Å². The number of aromatic nitrogens is 4. The lowest BCUT2D eigenvalue weighted by molar-refractivity contribution is -0.122. The lowest BCUT2D eigenvalue weighted by Gasteiger charge is -2.22. The average molecular weight is 412 g/mol. The van der Waals surface area contributed by atoms with Crippen molar-refractivity contribution < 1.29 is 4.79 Å². The van der Waals surface area contributed by atoms with E-state index in [0.717, 1.165) is 45.4 Å². The Hall–Kier alpha value is -2.41. The average Bonchev–Trinajstić information content (AvgIpc) is 3.14. The van der Waals surface area contributed by atoms with E-state index < -0.39 is 0 Å². The molecule has 2 N–H and O–H groups in total. The second-order valence-corrected chi connectivity index (χ2v) is 8.20. The van der Waals surface area contributed by atoms with E-state index in [4.69, 9.17) is 4.98 Å². The Morgan fingerprint density at radius 2 is 1.86 bits per heavy atom. The highest BCUT2D eigenvalue weighted by molar-refractivity contribution is 7.98. The number of fused-ring (bicyclic) bond motifs is 1. The van der Waals surface area contributed by atoms with Gasteiger partial charge in [-0.2, -0.15) is 0 Å². The van der Waals surface area contributed by atoms with Crippen molar-refractivity contribution in [2.24, 2.45) is 5.92 Å². The lowest BCUT2D eigenvalue weighted by atomic mass is 9.98. The fourth-order valence-corrected chi connectivity index (χ4v) is 3.94. The van der Waals surface area contributed by atoms with Crippen molar-refractivity contribution in [3.8, 4) is 0 Å². The van der Waals surface area contributed by atoms with E-state index in [-0.39, 0.29) is 17.9 Å². The number of nitrogens with one attached hydrogen (secondary N) is 2. The minimum Gasteiger partial charge on any atom is -0.346 e. The monoisotopic (exact) mass is 411 g/mol. The van der Waals surface area contributed by atoms with Crippen molar-refractivity contribution in [1.29, 1.82) is 0 Å². The molecule has 0 aliphatic heterocycles. The third-order valence-corrected chi connectivity index (χ3v) is 5.96.